The maximum absolute atomic E-state index is 13.0. The standard InChI is InChI=1S/C27H38N6O4S/c1-4-6-20-7-8-24(37-3)22(15-20)23-18-38-26(29-23)30-27(36)33-11-5-10-32(13-14-33)25(35)17-31-12-9-21(16-31)28-19(2)34/h7-8,15,18,21H,4-6,9-14,16-17H2,1-3H3,(H,28,34)(H,29,30,36). The van der Waals surface area contributed by atoms with E-state index >= 15 is 0 Å². The maximum atomic E-state index is 13.0. The van der Waals surface area contributed by atoms with Crippen molar-refractivity contribution in [2.75, 3.05) is 58.2 Å². The van der Waals surface area contributed by atoms with Crippen molar-refractivity contribution in [2.24, 2.45) is 0 Å². The molecule has 0 spiro atoms. The Balaban J connectivity index is 1.30. The van der Waals surface area contributed by atoms with Crippen LogP contribution in [-0.2, 0) is 16.0 Å². The van der Waals surface area contributed by atoms with Crippen molar-refractivity contribution in [3.63, 3.8) is 0 Å². The summed E-state index contributed by atoms with van der Waals surface area (Å²) < 4.78 is 5.54. The summed E-state index contributed by atoms with van der Waals surface area (Å²) in [5.41, 5.74) is 2.92. The van der Waals surface area contributed by atoms with Crippen LogP contribution in [0.5, 0.6) is 5.75 Å². The van der Waals surface area contributed by atoms with Crippen LogP contribution in [0.25, 0.3) is 11.3 Å². The molecule has 2 N–H and O–H groups in total. The molecule has 2 fully saturated rings. The Morgan fingerprint density at radius 2 is 1.92 bits per heavy atom. The number of anilines is 1. The number of thiazole rings is 1. The number of benzene rings is 1. The summed E-state index contributed by atoms with van der Waals surface area (Å²) in [7, 11) is 1.65. The summed E-state index contributed by atoms with van der Waals surface area (Å²) in [6, 6.07) is 6.04. The van der Waals surface area contributed by atoms with Gasteiger partial charge in [-0.3, -0.25) is 19.8 Å². The molecule has 2 aliphatic rings. The van der Waals surface area contributed by atoms with Crippen molar-refractivity contribution in [2.45, 2.75) is 45.6 Å². The molecule has 2 aromatic rings. The molecule has 3 heterocycles. The summed E-state index contributed by atoms with van der Waals surface area (Å²) in [4.78, 5) is 47.6. The molecule has 206 valence electrons. The predicted octanol–water partition coefficient (Wildman–Crippen LogP) is 3.05. The lowest BCUT2D eigenvalue weighted by atomic mass is 10.0. The van der Waals surface area contributed by atoms with Gasteiger partial charge in [0, 0.05) is 63.2 Å². The van der Waals surface area contributed by atoms with Gasteiger partial charge in [-0.2, -0.15) is 0 Å². The molecule has 1 aromatic carbocycles. The normalized spacial score (nSPS) is 18.2. The van der Waals surface area contributed by atoms with Gasteiger partial charge in [-0.25, -0.2) is 9.78 Å². The van der Waals surface area contributed by atoms with Crippen molar-refractivity contribution in [1.82, 2.24) is 25.0 Å². The van der Waals surface area contributed by atoms with Gasteiger partial charge in [0.05, 0.1) is 19.3 Å². The molecular weight excluding hydrogens is 504 g/mol. The zero-order valence-electron chi connectivity index (χ0n) is 22.5. The van der Waals surface area contributed by atoms with E-state index in [1.54, 1.807) is 12.0 Å². The first-order valence-corrected chi connectivity index (χ1v) is 14.2. The molecule has 0 aliphatic carbocycles. The minimum absolute atomic E-state index is 0.0380. The van der Waals surface area contributed by atoms with Gasteiger partial charge in [-0.1, -0.05) is 19.4 Å². The molecular formula is C27H38N6O4S. The molecule has 1 atom stereocenters. The van der Waals surface area contributed by atoms with E-state index in [4.69, 9.17) is 4.74 Å². The van der Waals surface area contributed by atoms with Crippen LogP contribution in [0.2, 0.25) is 0 Å². The highest BCUT2D eigenvalue weighted by Crippen LogP contribution is 2.33. The number of carbonyl (C=O) groups excluding carboxylic acids is 3. The van der Waals surface area contributed by atoms with E-state index in [9.17, 15) is 14.4 Å². The summed E-state index contributed by atoms with van der Waals surface area (Å²) in [5.74, 6) is 0.786. The molecule has 4 rings (SSSR count). The second-order valence-corrected chi connectivity index (χ2v) is 10.8. The Morgan fingerprint density at radius 3 is 2.68 bits per heavy atom. The van der Waals surface area contributed by atoms with Gasteiger partial charge in [-0.15, -0.1) is 11.3 Å². The van der Waals surface area contributed by atoms with Crippen molar-refractivity contribution in [3.05, 3.63) is 29.1 Å². The summed E-state index contributed by atoms with van der Waals surface area (Å²) in [5, 5.41) is 8.33. The van der Waals surface area contributed by atoms with E-state index in [-0.39, 0.29) is 23.9 Å². The Hall–Kier alpha value is -3.18. The van der Waals surface area contributed by atoms with E-state index in [0.29, 0.717) is 44.4 Å². The number of urea groups is 1. The third-order valence-corrected chi connectivity index (χ3v) is 7.73. The molecule has 0 saturated carbocycles. The van der Waals surface area contributed by atoms with Crippen molar-refractivity contribution >= 4 is 34.3 Å². The zero-order valence-corrected chi connectivity index (χ0v) is 23.3. The number of rotatable bonds is 8. The van der Waals surface area contributed by atoms with Crippen LogP contribution >= 0.6 is 11.3 Å². The molecule has 0 radical (unpaired) electrons. The second kappa shape index (κ2) is 13.1. The lowest BCUT2D eigenvalue weighted by molar-refractivity contribution is -0.132. The number of carbonyl (C=O) groups is 3. The zero-order chi connectivity index (χ0) is 27.1. The molecule has 38 heavy (non-hydrogen) atoms. The molecule has 1 unspecified atom stereocenters. The monoisotopic (exact) mass is 542 g/mol. The molecule has 2 saturated heterocycles. The molecule has 0 bridgehead atoms. The average Bonchev–Trinajstić information content (AvgIpc) is 3.45. The fraction of sp³-hybridized carbons (Fsp3) is 0.556. The minimum atomic E-state index is -0.204. The number of ether oxygens (including phenoxy) is 1. The maximum Gasteiger partial charge on any atom is 0.323 e. The first-order chi connectivity index (χ1) is 18.4. The number of hydrogen-bond acceptors (Lipinski definition) is 7. The third-order valence-electron chi connectivity index (χ3n) is 6.97. The number of aryl methyl sites for hydroxylation is 1. The van der Waals surface area contributed by atoms with Gasteiger partial charge in [0.15, 0.2) is 5.13 Å². The van der Waals surface area contributed by atoms with Gasteiger partial charge in [0.2, 0.25) is 11.8 Å². The lowest BCUT2D eigenvalue weighted by Crippen LogP contribution is -2.43. The number of aromatic nitrogens is 1. The summed E-state index contributed by atoms with van der Waals surface area (Å²) in [6.45, 7) is 7.67. The minimum Gasteiger partial charge on any atom is -0.496 e. The van der Waals surface area contributed by atoms with Gasteiger partial charge >= 0.3 is 6.03 Å². The van der Waals surface area contributed by atoms with Crippen LogP contribution in [0.15, 0.2) is 23.6 Å². The molecule has 4 amide bonds. The molecule has 11 heteroatoms. The Kier molecular flexibility index (Phi) is 9.57. The summed E-state index contributed by atoms with van der Waals surface area (Å²) in [6.07, 6.45) is 3.61. The molecule has 1 aromatic heterocycles. The van der Waals surface area contributed by atoms with Gasteiger partial charge in [0.1, 0.15) is 5.75 Å². The van der Waals surface area contributed by atoms with Crippen molar-refractivity contribution in [3.8, 4) is 17.0 Å². The summed E-state index contributed by atoms with van der Waals surface area (Å²) >= 11 is 1.39. The number of nitrogens with one attached hydrogen (secondary N) is 2. The average molecular weight is 543 g/mol. The number of likely N-dealkylation sites (tertiary alicyclic amines) is 1. The molecule has 10 nitrogen and oxygen atoms in total. The van der Waals surface area contributed by atoms with E-state index in [2.05, 4.69) is 39.6 Å². The van der Waals surface area contributed by atoms with Crippen LogP contribution in [0.4, 0.5) is 9.93 Å². The first kappa shape index (κ1) is 27.8. The highest BCUT2D eigenvalue weighted by Gasteiger charge is 2.28. The number of nitrogens with zero attached hydrogens (tertiary/aromatic N) is 4. The van der Waals surface area contributed by atoms with Crippen LogP contribution in [0.1, 0.15) is 38.7 Å². The Labute approximate surface area is 228 Å². The van der Waals surface area contributed by atoms with E-state index in [1.807, 2.05) is 16.3 Å². The van der Waals surface area contributed by atoms with Gasteiger partial charge in [0.25, 0.3) is 0 Å². The quantitative estimate of drug-likeness (QED) is 0.531. The van der Waals surface area contributed by atoms with Crippen molar-refractivity contribution < 1.29 is 19.1 Å². The van der Waals surface area contributed by atoms with Crippen LogP contribution in [0, 0.1) is 0 Å². The predicted molar refractivity (Wildman–Crippen MR) is 149 cm³/mol. The Morgan fingerprint density at radius 1 is 1.13 bits per heavy atom. The highest BCUT2D eigenvalue weighted by molar-refractivity contribution is 7.14. The third kappa shape index (κ3) is 7.22. The van der Waals surface area contributed by atoms with Crippen LogP contribution in [-0.4, -0.2) is 96.5 Å². The highest BCUT2D eigenvalue weighted by atomic mass is 32.1. The van der Waals surface area contributed by atoms with E-state index in [0.717, 1.165) is 49.2 Å². The van der Waals surface area contributed by atoms with Gasteiger partial charge in [-0.05, 0) is 37.0 Å². The van der Waals surface area contributed by atoms with E-state index < -0.39 is 0 Å². The molecule has 2 aliphatic heterocycles. The fourth-order valence-electron chi connectivity index (χ4n) is 5.07. The lowest BCUT2D eigenvalue weighted by Gasteiger charge is -2.24. The fourth-order valence-corrected chi connectivity index (χ4v) is 5.77. The largest absolute Gasteiger partial charge is 0.496 e. The van der Waals surface area contributed by atoms with Gasteiger partial charge < -0.3 is 19.9 Å². The van der Waals surface area contributed by atoms with Crippen molar-refractivity contribution in [1.29, 1.82) is 0 Å². The Bertz CT molecular complexity index is 1140. The van der Waals surface area contributed by atoms with E-state index in [1.165, 1.54) is 23.8 Å². The number of amides is 4. The first-order valence-electron chi connectivity index (χ1n) is 13.3. The van der Waals surface area contributed by atoms with Crippen LogP contribution < -0.4 is 15.4 Å². The topological polar surface area (TPSA) is 107 Å². The van der Waals surface area contributed by atoms with Crippen LogP contribution in [0.3, 0.4) is 0 Å². The smallest absolute Gasteiger partial charge is 0.323 e. The second-order valence-electron chi connectivity index (χ2n) is 9.90. The number of methoxy groups -OCH3 is 1. The SMILES string of the molecule is CCCc1ccc(OC)c(-c2csc(NC(=O)N3CCCN(C(=O)CN4CCC(NC(C)=O)C4)CC3)n2)c1. The number of hydrogen-bond donors (Lipinski definition) is 2.